The minimum Gasteiger partial charge on any atom is -0.497 e. The molecule has 3 heteroatoms. The highest BCUT2D eigenvalue weighted by Gasteiger charge is 2.36. The van der Waals surface area contributed by atoms with Gasteiger partial charge in [-0.3, -0.25) is 4.79 Å². The van der Waals surface area contributed by atoms with E-state index < -0.39 is 0 Å². The first-order valence-electron chi connectivity index (χ1n) is 9.70. The zero-order valence-corrected chi connectivity index (χ0v) is 16.6. The van der Waals surface area contributed by atoms with Crippen LogP contribution in [0.4, 0.5) is 0 Å². The lowest BCUT2D eigenvalue weighted by molar-refractivity contribution is -0.123. The van der Waals surface area contributed by atoms with Gasteiger partial charge >= 0.3 is 0 Å². The van der Waals surface area contributed by atoms with Crippen LogP contribution in [0.25, 0.3) is 0 Å². The molecule has 25 heavy (non-hydrogen) atoms. The molecule has 3 nitrogen and oxygen atoms in total. The van der Waals surface area contributed by atoms with Crippen molar-refractivity contribution in [1.29, 1.82) is 0 Å². The number of nitrogens with one attached hydrogen (secondary N) is 1. The van der Waals surface area contributed by atoms with Gasteiger partial charge in [0.1, 0.15) is 5.75 Å². The van der Waals surface area contributed by atoms with Crippen molar-refractivity contribution in [3.63, 3.8) is 0 Å². The van der Waals surface area contributed by atoms with Gasteiger partial charge in [-0.05, 0) is 66.5 Å². The van der Waals surface area contributed by atoms with E-state index in [1.165, 1.54) is 24.8 Å². The summed E-state index contributed by atoms with van der Waals surface area (Å²) in [4.78, 5) is 12.4. The van der Waals surface area contributed by atoms with Crippen molar-refractivity contribution in [2.24, 2.45) is 23.2 Å². The zero-order chi connectivity index (χ0) is 18.4. The molecular weight excluding hydrogens is 310 g/mol. The first kappa shape index (κ1) is 19.8. The maximum absolute atomic E-state index is 12.4. The fourth-order valence-corrected chi connectivity index (χ4v) is 4.31. The van der Waals surface area contributed by atoms with Crippen LogP contribution in [0, 0.1) is 23.2 Å². The first-order valence-corrected chi connectivity index (χ1v) is 9.70. The first-order chi connectivity index (χ1) is 11.8. The Balaban J connectivity index is 1.81. The van der Waals surface area contributed by atoms with Gasteiger partial charge in [-0.15, -0.1) is 0 Å². The van der Waals surface area contributed by atoms with Crippen LogP contribution in [-0.2, 0) is 11.2 Å². The van der Waals surface area contributed by atoms with Crippen LogP contribution >= 0.6 is 0 Å². The molecule has 1 saturated carbocycles. The highest BCUT2D eigenvalue weighted by molar-refractivity contribution is 5.76. The minimum absolute atomic E-state index is 0.210. The van der Waals surface area contributed by atoms with Gasteiger partial charge < -0.3 is 10.1 Å². The van der Waals surface area contributed by atoms with Crippen molar-refractivity contribution in [2.75, 3.05) is 13.7 Å². The topological polar surface area (TPSA) is 38.3 Å². The van der Waals surface area contributed by atoms with Crippen molar-refractivity contribution in [2.45, 2.75) is 59.8 Å². The molecule has 1 fully saturated rings. The monoisotopic (exact) mass is 345 g/mol. The third-order valence-corrected chi connectivity index (χ3v) is 5.77. The molecule has 2 rings (SSSR count). The van der Waals surface area contributed by atoms with Gasteiger partial charge in [-0.2, -0.15) is 0 Å². The van der Waals surface area contributed by atoms with Gasteiger partial charge in [-0.1, -0.05) is 39.8 Å². The second-order valence-corrected chi connectivity index (χ2v) is 8.73. The number of methoxy groups -OCH3 is 1. The van der Waals surface area contributed by atoms with E-state index in [1.54, 1.807) is 7.11 Å². The van der Waals surface area contributed by atoms with E-state index in [9.17, 15) is 4.79 Å². The molecule has 1 aromatic rings. The lowest BCUT2D eigenvalue weighted by atomic mass is 9.63. The fourth-order valence-electron chi connectivity index (χ4n) is 4.31. The van der Waals surface area contributed by atoms with Gasteiger partial charge in [-0.25, -0.2) is 0 Å². The highest BCUT2D eigenvalue weighted by atomic mass is 16.5. The second-order valence-electron chi connectivity index (χ2n) is 8.73. The number of benzene rings is 1. The Morgan fingerprint density at radius 2 is 1.96 bits per heavy atom. The Bertz CT molecular complexity index is 548. The molecule has 1 amide bonds. The summed E-state index contributed by atoms with van der Waals surface area (Å²) in [5.41, 5.74) is 1.60. The average Bonchev–Trinajstić information content (AvgIpc) is 2.54. The summed E-state index contributed by atoms with van der Waals surface area (Å²) in [7, 11) is 1.67. The molecule has 0 spiro atoms. The third-order valence-electron chi connectivity index (χ3n) is 5.77. The van der Waals surface area contributed by atoms with Gasteiger partial charge in [0, 0.05) is 13.0 Å². The van der Waals surface area contributed by atoms with Crippen molar-refractivity contribution >= 4 is 5.91 Å². The molecule has 2 atom stereocenters. The van der Waals surface area contributed by atoms with E-state index in [0.29, 0.717) is 36.1 Å². The Hall–Kier alpha value is -1.51. The van der Waals surface area contributed by atoms with Crippen molar-refractivity contribution in [3.05, 3.63) is 29.8 Å². The molecule has 0 aliphatic heterocycles. The molecule has 0 aromatic heterocycles. The van der Waals surface area contributed by atoms with E-state index in [1.807, 2.05) is 12.1 Å². The van der Waals surface area contributed by atoms with Gasteiger partial charge in [0.05, 0.1) is 7.11 Å². The number of rotatable bonds is 7. The summed E-state index contributed by atoms with van der Waals surface area (Å²) >= 11 is 0. The van der Waals surface area contributed by atoms with Crippen molar-refractivity contribution in [3.8, 4) is 5.75 Å². The lowest BCUT2D eigenvalue weighted by Gasteiger charge is -2.42. The molecule has 1 aromatic carbocycles. The molecule has 2 unspecified atom stereocenters. The van der Waals surface area contributed by atoms with E-state index in [2.05, 4.69) is 45.1 Å². The maximum atomic E-state index is 12.4. The van der Waals surface area contributed by atoms with Gasteiger partial charge in [0.25, 0.3) is 0 Å². The van der Waals surface area contributed by atoms with E-state index in [4.69, 9.17) is 4.74 Å². The van der Waals surface area contributed by atoms with Crippen LogP contribution < -0.4 is 10.1 Å². The van der Waals surface area contributed by atoms with Crippen molar-refractivity contribution < 1.29 is 9.53 Å². The summed E-state index contributed by atoms with van der Waals surface area (Å²) in [6.07, 6.45) is 5.25. The second kappa shape index (κ2) is 8.73. The molecule has 1 aliphatic rings. The molecule has 0 bridgehead atoms. The molecule has 1 aliphatic carbocycles. The number of carbonyl (C=O) groups is 1. The number of hydrogen-bond donors (Lipinski definition) is 1. The van der Waals surface area contributed by atoms with E-state index in [-0.39, 0.29) is 5.91 Å². The van der Waals surface area contributed by atoms with Crippen LogP contribution in [0.15, 0.2) is 24.3 Å². The number of carbonyl (C=O) groups excluding carboxylic acids is 1. The predicted octanol–water partition coefficient (Wildman–Crippen LogP) is 4.84. The highest BCUT2D eigenvalue weighted by Crippen LogP contribution is 2.45. The summed E-state index contributed by atoms with van der Waals surface area (Å²) in [6.45, 7) is 10.00. The third kappa shape index (κ3) is 6.05. The summed E-state index contributed by atoms with van der Waals surface area (Å²) < 4.78 is 5.17. The van der Waals surface area contributed by atoms with E-state index >= 15 is 0 Å². The number of ether oxygens (including phenoxy) is 1. The maximum Gasteiger partial charge on any atom is 0.220 e. The Morgan fingerprint density at radius 1 is 1.28 bits per heavy atom. The number of hydrogen-bond acceptors (Lipinski definition) is 2. The quantitative estimate of drug-likeness (QED) is 0.768. The van der Waals surface area contributed by atoms with Gasteiger partial charge in [0.2, 0.25) is 5.91 Å². The Kier molecular flexibility index (Phi) is 6.92. The summed E-state index contributed by atoms with van der Waals surface area (Å²) in [5, 5.41) is 3.12. The zero-order valence-electron chi connectivity index (χ0n) is 16.6. The Morgan fingerprint density at radius 3 is 2.56 bits per heavy atom. The van der Waals surface area contributed by atoms with Crippen LogP contribution in [0.2, 0.25) is 0 Å². The largest absolute Gasteiger partial charge is 0.497 e. The van der Waals surface area contributed by atoms with Gasteiger partial charge in [0.15, 0.2) is 0 Å². The SMILES string of the molecule is COc1ccc(CCNC(=O)CC2CC(C)(C)CCC2C(C)C)cc1. The molecule has 0 radical (unpaired) electrons. The van der Waals surface area contributed by atoms with Crippen molar-refractivity contribution in [1.82, 2.24) is 5.32 Å². The molecule has 1 N–H and O–H groups in total. The summed E-state index contributed by atoms with van der Waals surface area (Å²) in [5.74, 6) is 2.94. The molecule has 0 heterocycles. The standard InChI is InChI=1S/C22H35NO2/c1-16(2)20-10-12-22(3,4)15-18(20)14-21(24)23-13-11-17-6-8-19(25-5)9-7-17/h6-9,16,18,20H,10-15H2,1-5H3,(H,23,24). The molecular formula is C22H35NO2. The predicted molar refractivity (Wildman–Crippen MR) is 104 cm³/mol. The molecule has 0 saturated heterocycles. The number of amides is 1. The van der Waals surface area contributed by atoms with Crippen LogP contribution in [0.5, 0.6) is 5.75 Å². The van der Waals surface area contributed by atoms with E-state index in [0.717, 1.165) is 12.2 Å². The Labute approximate surface area is 153 Å². The summed E-state index contributed by atoms with van der Waals surface area (Å²) in [6, 6.07) is 8.05. The minimum atomic E-state index is 0.210. The fraction of sp³-hybridized carbons (Fsp3) is 0.682. The normalized spacial score (nSPS) is 22.6. The van der Waals surface area contributed by atoms with Crippen LogP contribution in [-0.4, -0.2) is 19.6 Å². The average molecular weight is 346 g/mol. The molecule has 140 valence electrons. The van der Waals surface area contributed by atoms with Crippen LogP contribution in [0.1, 0.15) is 58.9 Å². The lowest BCUT2D eigenvalue weighted by Crippen LogP contribution is -2.36. The smallest absolute Gasteiger partial charge is 0.220 e. The van der Waals surface area contributed by atoms with Crippen LogP contribution in [0.3, 0.4) is 0 Å².